The van der Waals surface area contributed by atoms with Gasteiger partial charge in [0, 0.05) is 43.7 Å². The number of nitrogens with zero attached hydrogens (tertiary/aromatic N) is 3. The van der Waals surface area contributed by atoms with Crippen LogP contribution in [0.25, 0.3) is 0 Å². The molecule has 0 radical (unpaired) electrons. The predicted octanol–water partition coefficient (Wildman–Crippen LogP) is 6.35. The molecule has 1 aromatic heterocycles. The number of aromatic nitrogens is 1. The molecule has 2 aliphatic rings. The van der Waals surface area contributed by atoms with Crippen molar-refractivity contribution in [3.63, 3.8) is 0 Å². The summed E-state index contributed by atoms with van der Waals surface area (Å²) < 4.78 is 11.6. The number of pyridine rings is 1. The number of phenols is 1. The second-order valence-electron chi connectivity index (χ2n) is 10.9. The van der Waals surface area contributed by atoms with Crippen molar-refractivity contribution in [2.24, 2.45) is 0 Å². The molecule has 39 heavy (non-hydrogen) atoms. The maximum Gasteiger partial charge on any atom is 0.213 e. The molecule has 1 saturated heterocycles. The molecule has 2 aromatic carbocycles. The van der Waals surface area contributed by atoms with E-state index in [-0.39, 0.29) is 0 Å². The summed E-state index contributed by atoms with van der Waals surface area (Å²) in [5.41, 5.74) is 6.35. The number of benzene rings is 2. The summed E-state index contributed by atoms with van der Waals surface area (Å²) in [7, 11) is 1.73. The minimum atomic E-state index is 0.358. The largest absolute Gasteiger partial charge is 0.508 e. The molecule has 1 aliphatic carbocycles. The zero-order chi connectivity index (χ0) is 27.0. The molecule has 1 N–H and O–H groups in total. The fourth-order valence-electron chi connectivity index (χ4n) is 6.09. The summed E-state index contributed by atoms with van der Waals surface area (Å²) in [4.78, 5) is 9.56. The highest BCUT2D eigenvalue weighted by Gasteiger charge is 2.25. The van der Waals surface area contributed by atoms with E-state index in [1.807, 2.05) is 24.4 Å². The Morgan fingerprint density at radius 2 is 1.85 bits per heavy atom. The van der Waals surface area contributed by atoms with Gasteiger partial charge in [0.25, 0.3) is 0 Å². The lowest BCUT2D eigenvalue weighted by Crippen LogP contribution is -2.29. The fraction of sp³-hybridized carbons (Fsp3) is 0.485. The molecule has 208 valence electrons. The first-order valence-electron chi connectivity index (χ1n) is 14.7. The van der Waals surface area contributed by atoms with E-state index >= 15 is 0 Å². The highest BCUT2D eigenvalue weighted by atomic mass is 16.5. The summed E-state index contributed by atoms with van der Waals surface area (Å²) in [6.45, 7) is 7.89. The molecule has 0 bridgehead atoms. The van der Waals surface area contributed by atoms with Crippen molar-refractivity contribution in [1.29, 1.82) is 0 Å². The Morgan fingerprint density at radius 1 is 1.00 bits per heavy atom. The average Bonchev–Trinajstić information content (AvgIpc) is 3.25. The molecule has 6 nitrogen and oxygen atoms in total. The molecule has 0 spiro atoms. The third-order valence-corrected chi connectivity index (χ3v) is 8.35. The van der Waals surface area contributed by atoms with Gasteiger partial charge in [0.05, 0.1) is 7.11 Å². The SMILES string of the molecule is CCN(Cc1ccc(OCCN2CCCCCC2)nc1)c1cc(OC)ccc1C1CCc2cc(O)ccc2C1. The Balaban J connectivity index is 1.26. The number of anilines is 1. The standard InChI is InChI=1S/C33H43N3O3/c1-3-36(24-25-8-15-33(34-23-25)39-19-18-35-16-6-4-5-7-17-35)32-22-30(38-2)13-14-31(32)28-10-9-27-21-29(37)12-11-26(27)20-28/h8,11-15,21-23,28,37H,3-7,9-10,16-20,24H2,1-2H3. The first-order chi connectivity index (χ1) is 19.1. The van der Waals surface area contributed by atoms with Crippen LogP contribution in [0.2, 0.25) is 0 Å². The molecule has 0 amide bonds. The predicted molar refractivity (Wildman–Crippen MR) is 157 cm³/mol. The first kappa shape index (κ1) is 27.3. The van der Waals surface area contributed by atoms with E-state index in [2.05, 4.69) is 52.0 Å². The van der Waals surface area contributed by atoms with Crippen LogP contribution in [0.1, 0.15) is 67.2 Å². The number of aryl methyl sites for hydroxylation is 1. The first-order valence-corrected chi connectivity index (χ1v) is 14.7. The van der Waals surface area contributed by atoms with Crippen LogP contribution in [0.4, 0.5) is 5.69 Å². The number of aromatic hydroxyl groups is 1. The number of ether oxygens (including phenoxy) is 2. The van der Waals surface area contributed by atoms with Gasteiger partial charge in [-0.05, 0) is 98.5 Å². The van der Waals surface area contributed by atoms with Gasteiger partial charge in [-0.3, -0.25) is 4.90 Å². The fourth-order valence-corrected chi connectivity index (χ4v) is 6.09. The van der Waals surface area contributed by atoms with Crippen molar-refractivity contribution in [1.82, 2.24) is 9.88 Å². The Hall–Kier alpha value is -3.25. The normalized spacial score (nSPS) is 17.7. The summed E-state index contributed by atoms with van der Waals surface area (Å²) >= 11 is 0. The maximum atomic E-state index is 9.91. The number of methoxy groups -OCH3 is 1. The van der Waals surface area contributed by atoms with Gasteiger partial charge in [-0.1, -0.05) is 31.0 Å². The van der Waals surface area contributed by atoms with Gasteiger partial charge in [-0.25, -0.2) is 4.98 Å². The lowest BCUT2D eigenvalue weighted by atomic mass is 9.79. The highest BCUT2D eigenvalue weighted by Crippen LogP contribution is 2.40. The summed E-state index contributed by atoms with van der Waals surface area (Å²) in [6, 6.07) is 16.5. The molecule has 6 heteroatoms. The van der Waals surface area contributed by atoms with Crippen LogP contribution in [0.3, 0.4) is 0 Å². The van der Waals surface area contributed by atoms with Crippen molar-refractivity contribution in [2.45, 2.75) is 64.3 Å². The van der Waals surface area contributed by atoms with Crippen molar-refractivity contribution >= 4 is 5.69 Å². The van der Waals surface area contributed by atoms with Gasteiger partial charge in [0.15, 0.2) is 0 Å². The van der Waals surface area contributed by atoms with Crippen molar-refractivity contribution < 1.29 is 14.6 Å². The molecule has 1 fully saturated rings. The molecule has 1 atom stereocenters. The zero-order valence-corrected chi connectivity index (χ0v) is 23.6. The Morgan fingerprint density at radius 3 is 2.59 bits per heavy atom. The lowest BCUT2D eigenvalue weighted by Gasteiger charge is -2.32. The summed E-state index contributed by atoms with van der Waals surface area (Å²) in [5.74, 6) is 2.36. The van der Waals surface area contributed by atoms with Crippen LogP contribution >= 0.6 is 0 Å². The lowest BCUT2D eigenvalue weighted by molar-refractivity contribution is 0.209. The number of likely N-dealkylation sites (tertiary alicyclic amines) is 1. The minimum absolute atomic E-state index is 0.358. The third-order valence-electron chi connectivity index (χ3n) is 8.35. The van der Waals surface area contributed by atoms with Crippen molar-refractivity contribution in [2.75, 3.05) is 44.8 Å². The van der Waals surface area contributed by atoms with Crippen molar-refractivity contribution in [3.8, 4) is 17.4 Å². The Labute approximate surface area is 233 Å². The van der Waals surface area contributed by atoms with Gasteiger partial charge in [-0.15, -0.1) is 0 Å². The third kappa shape index (κ3) is 7.04. The second-order valence-corrected chi connectivity index (χ2v) is 10.9. The van der Waals surface area contributed by atoms with Crippen LogP contribution in [-0.2, 0) is 19.4 Å². The van der Waals surface area contributed by atoms with E-state index in [4.69, 9.17) is 9.47 Å². The number of hydrogen-bond donors (Lipinski definition) is 1. The Kier molecular flexibility index (Phi) is 9.25. The van der Waals surface area contributed by atoms with E-state index in [0.717, 1.165) is 50.2 Å². The van der Waals surface area contributed by atoms with Crippen LogP contribution in [0.15, 0.2) is 54.7 Å². The zero-order valence-electron chi connectivity index (χ0n) is 23.6. The van der Waals surface area contributed by atoms with Gasteiger partial charge in [0.2, 0.25) is 5.88 Å². The molecule has 3 aromatic rings. The Bertz CT molecular complexity index is 1210. The summed E-state index contributed by atoms with van der Waals surface area (Å²) in [5, 5.41) is 9.91. The molecule has 0 saturated carbocycles. The monoisotopic (exact) mass is 529 g/mol. The van der Waals surface area contributed by atoms with E-state index in [0.29, 0.717) is 24.2 Å². The van der Waals surface area contributed by atoms with Gasteiger partial charge in [0.1, 0.15) is 18.1 Å². The molecule has 2 heterocycles. The van der Waals surface area contributed by atoms with Crippen LogP contribution in [0, 0.1) is 0 Å². The van der Waals surface area contributed by atoms with Crippen molar-refractivity contribution in [3.05, 3.63) is 77.0 Å². The van der Waals surface area contributed by atoms with Crippen LogP contribution in [0.5, 0.6) is 17.4 Å². The quantitative estimate of drug-likeness (QED) is 0.330. The number of hydrogen-bond acceptors (Lipinski definition) is 6. The van der Waals surface area contributed by atoms with Crippen LogP contribution < -0.4 is 14.4 Å². The second kappa shape index (κ2) is 13.2. The van der Waals surface area contributed by atoms with Gasteiger partial charge >= 0.3 is 0 Å². The van der Waals surface area contributed by atoms with Gasteiger partial charge < -0.3 is 19.5 Å². The maximum absolute atomic E-state index is 9.91. The van der Waals surface area contributed by atoms with E-state index in [1.54, 1.807) is 7.11 Å². The highest BCUT2D eigenvalue weighted by molar-refractivity contribution is 5.60. The van der Waals surface area contributed by atoms with E-state index in [1.165, 1.54) is 61.2 Å². The average molecular weight is 530 g/mol. The van der Waals surface area contributed by atoms with Crippen LogP contribution in [-0.4, -0.2) is 54.9 Å². The molecular formula is C33H43N3O3. The van der Waals surface area contributed by atoms with E-state index in [9.17, 15) is 5.11 Å². The number of rotatable bonds is 10. The molecule has 1 unspecified atom stereocenters. The smallest absolute Gasteiger partial charge is 0.213 e. The number of fused-ring (bicyclic) bond motifs is 1. The summed E-state index contributed by atoms with van der Waals surface area (Å²) in [6.07, 6.45) is 10.3. The minimum Gasteiger partial charge on any atom is -0.508 e. The number of phenolic OH excluding ortho intramolecular Hbond substituents is 1. The molecular weight excluding hydrogens is 486 g/mol. The van der Waals surface area contributed by atoms with E-state index < -0.39 is 0 Å². The molecule has 5 rings (SSSR count). The van der Waals surface area contributed by atoms with Gasteiger partial charge in [-0.2, -0.15) is 0 Å². The topological polar surface area (TPSA) is 58.1 Å². The molecule has 1 aliphatic heterocycles.